The van der Waals surface area contributed by atoms with Crippen LogP contribution in [0.5, 0.6) is 0 Å². The van der Waals surface area contributed by atoms with Crippen molar-refractivity contribution in [3.05, 3.63) is 60.2 Å². The van der Waals surface area contributed by atoms with Crippen molar-refractivity contribution >= 4 is 23.7 Å². The third-order valence-corrected chi connectivity index (χ3v) is 10.6. The standard InChI is InChI=1S/C36H47N3O8/c1-3-24(21-40)39-32-34(43)38(25-15-9-5-10-16-25)20-12-6-11-17-28(41)37-26(22-45-2)31(23-13-7-4-8-14-23)46-35(44)29-27-18-19-36(32,47-27)30(29)33(39)42/h4,6-8,12-14,18-19,24-27,29-32,40H,3,5,9-11,15-17,20-22H2,1-2H3,(H,37,41)/b12-6-/t24-,26+,27-,29+,30+,31+,32-,36+/m0/s1. The van der Waals surface area contributed by atoms with Gasteiger partial charge in [-0.1, -0.05) is 80.8 Å². The van der Waals surface area contributed by atoms with Crippen LogP contribution in [-0.2, 0) is 33.4 Å². The summed E-state index contributed by atoms with van der Waals surface area (Å²) in [5.74, 6) is -3.53. The fourth-order valence-electron chi connectivity index (χ4n) is 8.35. The molecule has 11 heteroatoms. The van der Waals surface area contributed by atoms with E-state index in [2.05, 4.69) is 5.32 Å². The number of hydrogen-bond acceptors (Lipinski definition) is 8. The molecule has 1 saturated carbocycles. The van der Waals surface area contributed by atoms with Gasteiger partial charge in [-0.3, -0.25) is 19.2 Å². The molecule has 11 nitrogen and oxygen atoms in total. The number of esters is 1. The number of benzene rings is 1. The zero-order valence-corrected chi connectivity index (χ0v) is 27.3. The van der Waals surface area contributed by atoms with Crippen molar-refractivity contribution in [3.63, 3.8) is 0 Å². The second kappa shape index (κ2) is 14.3. The number of carbonyl (C=O) groups excluding carboxylic acids is 4. The molecule has 0 radical (unpaired) electrons. The number of hydrogen-bond donors (Lipinski definition) is 2. The molecule has 5 aliphatic rings. The van der Waals surface area contributed by atoms with Gasteiger partial charge in [0.05, 0.1) is 37.3 Å². The van der Waals surface area contributed by atoms with Gasteiger partial charge >= 0.3 is 5.97 Å². The van der Waals surface area contributed by atoms with Crippen molar-refractivity contribution < 1.29 is 38.5 Å². The smallest absolute Gasteiger partial charge is 0.313 e. The number of likely N-dealkylation sites (tertiary alicyclic amines) is 1. The molecule has 3 fully saturated rings. The lowest BCUT2D eigenvalue weighted by Crippen LogP contribution is -2.60. The van der Waals surface area contributed by atoms with E-state index in [9.17, 15) is 24.3 Å². The van der Waals surface area contributed by atoms with Crippen LogP contribution in [0, 0.1) is 11.8 Å². The van der Waals surface area contributed by atoms with Gasteiger partial charge in [-0.15, -0.1) is 0 Å². The predicted octanol–water partition coefficient (Wildman–Crippen LogP) is 2.83. The molecule has 1 spiro atoms. The van der Waals surface area contributed by atoms with E-state index in [-0.39, 0.29) is 37.5 Å². The minimum Gasteiger partial charge on any atom is -0.455 e. The second-order valence-corrected chi connectivity index (χ2v) is 13.4. The van der Waals surface area contributed by atoms with E-state index in [1.54, 1.807) is 12.2 Å². The van der Waals surface area contributed by atoms with Crippen molar-refractivity contribution in [1.82, 2.24) is 15.1 Å². The van der Waals surface area contributed by atoms with Gasteiger partial charge in [-0.25, -0.2) is 0 Å². The second-order valence-electron chi connectivity index (χ2n) is 13.4. The summed E-state index contributed by atoms with van der Waals surface area (Å²) in [4.78, 5) is 60.3. The van der Waals surface area contributed by atoms with Crippen molar-refractivity contribution in [2.75, 3.05) is 26.9 Å². The Labute approximate surface area is 276 Å². The molecule has 1 aromatic carbocycles. The van der Waals surface area contributed by atoms with Gasteiger partial charge in [0.25, 0.3) is 0 Å². The number of nitrogens with one attached hydrogen (secondary N) is 1. The van der Waals surface area contributed by atoms with Crippen LogP contribution in [0.1, 0.15) is 70.0 Å². The minimum atomic E-state index is -1.38. The van der Waals surface area contributed by atoms with E-state index in [1.807, 2.05) is 54.3 Å². The molecule has 8 atom stereocenters. The first kappa shape index (κ1) is 33.4. The maximum Gasteiger partial charge on any atom is 0.313 e. The van der Waals surface area contributed by atoms with Crippen molar-refractivity contribution in [1.29, 1.82) is 0 Å². The molecule has 4 heterocycles. The van der Waals surface area contributed by atoms with E-state index >= 15 is 0 Å². The lowest BCUT2D eigenvalue weighted by Gasteiger charge is -2.41. The van der Waals surface area contributed by atoms with Crippen LogP contribution in [0.25, 0.3) is 0 Å². The summed E-state index contributed by atoms with van der Waals surface area (Å²) in [6.45, 7) is 1.95. The molecule has 254 valence electrons. The van der Waals surface area contributed by atoms with Gasteiger partial charge in [0.15, 0.2) is 0 Å². The number of ether oxygens (including phenoxy) is 3. The van der Waals surface area contributed by atoms with Gasteiger partial charge < -0.3 is 34.4 Å². The third kappa shape index (κ3) is 6.13. The Bertz CT molecular complexity index is 1370. The molecule has 4 aliphatic heterocycles. The number of amides is 3. The zero-order valence-electron chi connectivity index (χ0n) is 27.3. The highest BCUT2D eigenvalue weighted by molar-refractivity contribution is 5.99. The summed E-state index contributed by atoms with van der Waals surface area (Å²) in [5.41, 5.74) is -0.713. The summed E-state index contributed by atoms with van der Waals surface area (Å²) in [7, 11) is 1.52. The summed E-state index contributed by atoms with van der Waals surface area (Å²) >= 11 is 0. The van der Waals surface area contributed by atoms with E-state index in [0.29, 0.717) is 24.9 Å². The van der Waals surface area contributed by atoms with Crippen LogP contribution in [0.3, 0.4) is 0 Å². The Hall–Kier alpha value is -3.54. The first-order valence-electron chi connectivity index (χ1n) is 17.1. The van der Waals surface area contributed by atoms with E-state index in [0.717, 1.165) is 32.1 Å². The molecule has 1 aliphatic carbocycles. The molecule has 2 saturated heterocycles. The number of nitrogens with zero attached hydrogens (tertiary/aromatic N) is 2. The molecule has 0 unspecified atom stereocenters. The Kier molecular flexibility index (Phi) is 10.1. The summed E-state index contributed by atoms with van der Waals surface area (Å²) in [6, 6.07) is 6.75. The topological polar surface area (TPSA) is 135 Å². The number of cyclic esters (lactones) is 1. The highest BCUT2D eigenvalue weighted by Crippen LogP contribution is 2.56. The Morgan fingerprint density at radius 3 is 2.53 bits per heavy atom. The fourth-order valence-corrected chi connectivity index (χ4v) is 8.35. The highest BCUT2D eigenvalue weighted by atomic mass is 16.6. The summed E-state index contributed by atoms with van der Waals surface area (Å²) in [5, 5.41) is 13.5. The van der Waals surface area contributed by atoms with Crippen LogP contribution in [0.4, 0.5) is 0 Å². The van der Waals surface area contributed by atoms with Crippen LogP contribution in [-0.4, -0.2) is 101 Å². The maximum atomic E-state index is 14.9. The fraction of sp³-hybridized carbons (Fsp3) is 0.611. The molecule has 5 bridgehead atoms. The number of methoxy groups -OCH3 is 1. The first-order chi connectivity index (χ1) is 22.8. The number of allylic oxidation sites excluding steroid dienone is 1. The van der Waals surface area contributed by atoms with Crippen molar-refractivity contribution in [2.24, 2.45) is 11.8 Å². The molecule has 3 amide bonds. The molecular weight excluding hydrogens is 602 g/mol. The average molecular weight is 650 g/mol. The summed E-state index contributed by atoms with van der Waals surface area (Å²) < 4.78 is 18.3. The maximum absolute atomic E-state index is 14.9. The van der Waals surface area contributed by atoms with Crippen molar-refractivity contribution in [3.8, 4) is 0 Å². The highest BCUT2D eigenvalue weighted by Gasteiger charge is 2.74. The number of rotatable bonds is 7. The monoisotopic (exact) mass is 649 g/mol. The largest absolute Gasteiger partial charge is 0.455 e. The van der Waals surface area contributed by atoms with Gasteiger partial charge in [-0.05, 0) is 31.2 Å². The van der Waals surface area contributed by atoms with Crippen LogP contribution >= 0.6 is 0 Å². The molecule has 1 aromatic rings. The van der Waals surface area contributed by atoms with Crippen molar-refractivity contribution in [2.45, 2.75) is 100 Å². The Morgan fingerprint density at radius 2 is 1.83 bits per heavy atom. The molecule has 2 N–H and O–H groups in total. The zero-order chi connectivity index (χ0) is 33.1. The quantitative estimate of drug-likeness (QED) is 0.340. The molecule has 6 rings (SSSR count). The number of fused-ring (bicyclic) bond motifs is 2. The Balaban J connectivity index is 1.45. The van der Waals surface area contributed by atoms with E-state index < -0.39 is 59.6 Å². The lowest BCUT2D eigenvalue weighted by atomic mass is 9.74. The lowest BCUT2D eigenvalue weighted by molar-refractivity contribution is -0.163. The van der Waals surface area contributed by atoms with Gasteiger partial charge in [0, 0.05) is 26.1 Å². The minimum absolute atomic E-state index is 0.0161. The van der Waals surface area contributed by atoms with Crippen LogP contribution in [0.2, 0.25) is 0 Å². The van der Waals surface area contributed by atoms with Crippen LogP contribution in [0.15, 0.2) is 54.6 Å². The van der Waals surface area contributed by atoms with E-state index in [4.69, 9.17) is 14.2 Å². The van der Waals surface area contributed by atoms with Gasteiger partial charge in [0.1, 0.15) is 23.7 Å². The SMILES string of the molecule is CC[C@@H](CO)N1C(=O)[C@H]2[C@@H]3C(=O)O[C@H](c4ccccc4)[C@@H](COC)NC(=O)CC/C=C\CN(C4CCCCC4)C(=O)[C@H]1[C@@]21C=C[C@@H]3O1. The van der Waals surface area contributed by atoms with Gasteiger partial charge in [0.2, 0.25) is 17.7 Å². The summed E-state index contributed by atoms with van der Waals surface area (Å²) in [6.07, 6.45) is 11.6. The van der Waals surface area contributed by atoms with Gasteiger partial charge in [-0.2, -0.15) is 0 Å². The first-order valence-corrected chi connectivity index (χ1v) is 17.1. The number of aliphatic hydroxyl groups excluding tert-OH is 1. The average Bonchev–Trinajstić information content (AvgIpc) is 3.73. The molecule has 0 aromatic heterocycles. The third-order valence-electron chi connectivity index (χ3n) is 10.6. The molecule has 47 heavy (non-hydrogen) atoms. The van der Waals surface area contributed by atoms with Crippen LogP contribution < -0.4 is 5.32 Å². The normalized spacial score (nSPS) is 34.7. The number of aliphatic hydroxyl groups is 1. The number of carbonyl (C=O) groups is 4. The molecular formula is C36H47N3O8. The predicted molar refractivity (Wildman–Crippen MR) is 172 cm³/mol. The van der Waals surface area contributed by atoms with E-state index in [1.165, 1.54) is 12.0 Å². The Morgan fingerprint density at radius 1 is 1.06 bits per heavy atom.